The van der Waals surface area contributed by atoms with Gasteiger partial charge in [0.15, 0.2) is 0 Å². The SMILES string of the molecule is CC1CCc2ccccc2N1C(=O)C1CNC1.Cl. The molecule has 1 amide bonds. The third kappa shape index (κ3) is 2.13. The summed E-state index contributed by atoms with van der Waals surface area (Å²) in [4.78, 5) is 14.5. The molecule has 0 radical (unpaired) electrons. The van der Waals surface area contributed by atoms with Crippen LogP contribution in [0, 0.1) is 5.92 Å². The van der Waals surface area contributed by atoms with E-state index in [-0.39, 0.29) is 18.3 Å². The van der Waals surface area contributed by atoms with Gasteiger partial charge in [-0.05, 0) is 31.4 Å². The van der Waals surface area contributed by atoms with Crippen LogP contribution >= 0.6 is 12.4 Å². The Hall–Kier alpha value is -1.06. The van der Waals surface area contributed by atoms with Gasteiger partial charge in [0.05, 0.1) is 5.92 Å². The van der Waals surface area contributed by atoms with Crippen molar-refractivity contribution < 1.29 is 4.79 Å². The van der Waals surface area contributed by atoms with Crippen LogP contribution in [0.2, 0.25) is 0 Å². The van der Waals surface area contributed by atoms with Crippen molar-refractivity contribution in [3.05, 3.63) is 29.8 Å². The van der Waals surface area contributed by atoms with Crippen molar-refractivity contribution in [1.29, 1.82) is 0 Å². The number of nitrogens with zero attached hydrogens (tertiary/aromatic N) is 1. The highest BCUT2D eigenvalue weighted by molar-refractivity contribution is 5.97. The van der Waals surface area contributed by atoms with Crippen LogP contribution in [0.3, 0.4) is 0 Å². The summed E-state index contributed by atoms with van der Waals surface area (Å²) >= 11 is 0. The Morgan fingerprint density at radius 1 is 1.33 bits per heavy atom. The summed E-state index contributed by atoms with van der Waals surface area (Å²) in [5.41, 5.74) is 2.44. The lowest BCUT2D eigenvalue weighted by Gasteiger charge is -2.39. The maximum atomic E-state index is 12.4. The average Bonchev–Trinajstić information content (AvgIpc) is 2.26. The van der Waals surface area contributed by atoms with E-state index in [0.29, 0.717) is 11.9 Å². The van der Waals surface area contributed by atoms with Gasteiger partial charge in [0, 0.05) is 24.8 Å². The van der Waals surface area contributed by atoms with E-state index in [1.54, 1.807) is 0 Å². The van der Waals surface area contributed by atoms with Crippen LogP contribution in [0.25, 0.3) is 0 Å². The number of hydrogen-bond acceptors (Lipinski definition) is 2. The van der Waals surface area contributed by atoms with Gasteiger partial charge in [-0.25, -0.2) is 0 Å². The first-order valence-corrected chi connectivity index (χ1v) is 6.39. The molecular weight excluding hydrogens is 248 g/mol. The molecule has 0 saturated carbocycles. The van der Waals surface area contributed by atoms with Crippen LogP contribution < -0.4 is 10.2 Å². The number of carbonyl (C=O) groups is 1. The van der Waals surface area contributed by atoms with Crippen LogP contribution in [0.1, 0.15) is 18.9 Å². The summed E-state index contributed by atoms with van der Waals surface area (Å²) < 4.78 is 0. The Balaban J connectivity index is 0.00000120. The first-order chi connectivity index (χ1) is 8.27. The molecule has 1 saturated heterocycles. The number of aryl methyl sites for hydroxylation is 1. The van der Waals surface area contributed by atoms with Crippen molar-refractivity contribution in [2.24, 2.45) is 5.92 Å². The number of anilines is 1. The lowest BCUT2D eigenvalue weighted by molar-refractivity contribution is -0.124. The maximum absolute atomic E-state index is 12.4. The van der Waals surface area contributed by atoms with Crippen molar-refractivity contribution in [1.82, 2.24) is 5.32 Å². The van der Waals surface area contributed by atoms with Gasteiger partial charge in [-0.15, -0.1) is 12.4 Å². The second-order valence-electron chi connectivity index (χ2n) is 5.08. The van der Waals surface area contributed by atoms with Crippen molar-refractivity contribution in [3.8, 4) is 0 Å². The molecule has 0 aliphatic carbocycles. The number of amides is 1. The number of rotatable bonds is 1. The normalized spacial score (nSPS) is 22.7. The van der Waals surface area contributed by atoms with Crippen molar-refractivity contribution >= 4 is 24.0 Å². The summed E-state index contributed by atoms with van der Waals surface area (Å²) in [6.07, 6.45) is 2.16. The van der Waals surface area contributed by atoms with Crippen molar-refractivity contribution in [2.45, 2.75) is 25.8 Å². The van der Waals surface area contributed by atoms with Crippen LogP contribution in [-0.4, -0.2) is 25.0 Å². The Morgan fingerprint density at radius 2 is 2.06 bits per heavy atom. The molecule has 2 aliphatic heterocycles. The molecule has 1 aromatic carbocycles. The minimum absolute atomic E-state index is 0. The highest BCUT2D eigenvalue weighted by Crippen LogP contribution is 2.31. The summed E-state index contributed by atoms with van der Waals surface area (Å²) in [5, 5.41) is 3.17. The molecular formula is C14H19ClN2O. The first kappa shape index (κ1) is 13.4. The standard InChI is InChI=1S/C14H18N2O.ClH/c1-10-6-7-11-4-2-3-5-13(11)16(10)14(17)12-8-15-9-12;/h2-5,10,12,15H,6-9H2,1H3;1H. The topological polar surface area (TPSA) is 32.3 Å². The molecule has 0 spiro atoms. The van der Waals surface area contributed by atoms with Crippen LogP contribution in [0.5, 0.6) is 0 Å². The fraction of sp³-hybridized carbons (Fsp3) is 0.500. The third-order valence-electron chi connectivity index (χ3n) is 3.89. The number of para-hydroxylation sites is 1. The van der Waals surface area contributed by atoms with E-state index in [4.69, 9.17) is 0 Å². The zero-order valence-electron chi connectivity index (χ0n) is 10.6. The van der Waals surface area contributed by atoms with E-state index in [9.17, 15) is 4.79 Å². The Labute approximate surface area is 114 Å². The van der Waals surface area contributed by atoms with E-state index in [1.165, 1.54) is 5.56 Å². The summed E-state index contributed by atoms with van der Waals surface area (Å²) in [6.45, 7) is 3.83. The molecule has 1 N–H and O–H groups in total. The van der Waals surface area contributed by atoms with Crippen LogP contribution in [-0.2, 0) is 11.2 Å². The number of hydrogen-bond donors (Lipinski definition) is 1. The molecule has 18 heavy (non-hydrogen) atoms. The van der Waals surface area contributed by atoms with E-state index in [0.717, 1.165) is 31.6 Å². The van der Waals surface area contributed by atoms with Gasteiger partial charge < -0.3 is 10.2 Å². The van der Waals surface area contributed by atoms with Gasteiger partial charge >= 0.3 is 0 Å². The van der Waals surface area contributed by atoms with Crippen LogP contribution in [0.4, 0.5) is 5.69 Å². The van der Waals surface area contributed by atoms with Gasteiger partial charge in [-0.2, -0.15) is 0 Å². The summed E-state index contributed by atoms with van der Waals surface area (Å²) in [6, 6.07) is 8.63. The fourth-order valence-corrected chi connectivity index (χ4v) is 2.68. The predicted molar refractivity (Wildman–Crippen MR) is 75.3 cm³/mol. The second-order valence-corrected chi connectivity index (χ2v) is 5.08. The first-order valence-electron chi connectivity index (χ1n) is 6.39. The summed E-state index contributed by atoms with van der Waals surface area (Å²) in [5.74, 6) is 0.479. The van der Waals surface area contributed by atoms with Gasteiger partial charge in [0.25, 0.3) is 0 Å². The van der Waals surface area contributed by atoms with Crippen molar-refractivity contribution in [3.63, 3.8) is 0 Å². The van der Waals surface area contributed by atoms with Gasteiger partial charge in [0.1, 0.15) is 0 Å². The lowest BCUT2D eigenvalue weighted by Crippen LogP contribution is -2.55. The minimum atomic E-state index is 0. The van der Waals surface area contributed by atoms with E-state index in [1.807, 2.05) is 11.0 Å². The quantitative estimate of drug-likeness (QED) is 0.843. The largest absolute Gasteiger partial charge is 0.315 e. The number of fused-ring (bicyclic) bond motifs is 1. The third-order valence-corrected chi connectivity index (χ3v) is 3.89. The fourth-order valence-electron chi connectivity index (χ4n) is 2.68. The molecule has 3 rings (SSSR count). The minimum Gasteiger partial charge on any atom is -0.315 e. The van der Waals surface area contributed by atoms with E-state index in [2.05, 4.69) is 30.4 Å². The molecule has 98 valence electrons. The molecule has 0 aromatic heterocycles. The molecule has 1 unspecified atom stereocenters. The van der Waals surface area contributed by atoms with Crippen molar-refractivity contribution in [2.75, 3.05) is 18.0 Å². The number of carbonyl (C=O) groups excluding carboxylic acids is 1. The Bertz CT molecular complexity index is 445. The van der Waals surface area contributed by atoms with Gasteiger partial charge in [0.2, 0.25) is 5.91 Å². The molecule has 1 aromatic rings. The van der Waals surface area contributed by atoms with Crippen LogP contribution in [0.15, 0.2) is 24.3 Å². The zero-order valence-corrected chi connectivity index (χ0v) is 11.4. The van der Waals surface area contributed by atoms with E-state index >= 15 is 0 Å². The molecule has 2 heterocycles. The van der Waals surface area contributed by atoms with Gasteiger partial charge in [-0.1, -0.05) is 18.2 Å². The Morgan fingerprint density at radius 3 is 2.72 bits per heavy atom. The monoisotopic (exact) mass is 266 g/mol. The number of benzene rings is 1. The highest BCUT2D eigenvalue weighted by atomic mass is 35.5. The Kier molecular flexibility index (Phi) is 3.93. The molecule has 4 heteroatoms. The smallest absolute Gasteiger partial charge is 0.232 e. The highest BCUT2D eigenvalue weighted by Gasteiger charge is 2.34. The molecule has 2 aliphatic rings. The number of nitrogens with one attached hydrogen (secondary N) is 1. The van der Waals surface area contributed by atoms with E-state index < -0.39 is 0 Å². The second kappa shape index (κ2) is 5.29. The predicted octanol–water partition coefficient (Wildman–Crippen LogP) is 2.00. The lowest BCUT2D eigenvalue weighted by atomic mass is 9.93. The summed E-state index contributed by atoms with van der Waals surface area (Å²) in [7, 11) is 0. The molecule has 1 fully saturated rings. The molecule has 3 nitrogen and oxygen atoms in total. The van der Waals surface area contributed by atoms with Gasteiger partial charge in [-0.3, -0.25) is 4.79 Å². The molecule has 1 atom stereocenters. The zero-order chi connectivity index (χ0) is 11.8. The maximum Gasteiger partial charge on any atom is 0.232 e. The molecule has 0 bridgehead atoms. The number of halogens is 1. The average molecular weight is 267 g/mol.